The van der Waals surface area contributed by atoms with Crippen LogP contribution < -0.4 is 14.8 Å². The molecule has 1 atom stereocenters. The Morgan fingerprint density at radius 2 is 1.81 bits per heavy atom. The number of rotatable bonds is 9. The second-order valence-corrected chi connectivity index (χ2v) is 6.81. The van der Waals surface area contributed by atoms with E-state index in [-0.39, 0.29) is 17.6 Å². The first-order valence-corrected chi connectivity index (χ1v) is 9.42. The van der Waals surface area contributed by atoms with Gasteiger partial charge in [-0.15, -0.1) is 11.8 Å². The largest absolute Gasteiger partial charge is 0.493 e. The van der Waals surface area contributed by atoms with Gasteiger partial charge in [-0.3, -0.25) is 14.9 Å². The molecule has 0 saturated carbocycles. The number of thioether (sulfide) groups is 1. The number of methoxy groups -OCH3 is 2. The van der Waals surface area contributed by atoms with Crippen LogP contribution in [0, 0.1) is 10.1 Å². The number of nitro groups is 1. The molecule has 0 aliphatic rings. The molecule has 0 aromatic heterocycles. The van der Waals surface area contributed by atoms with Crippen molar-refractivity contribution in [3.05, 3.63) is 63.7 Å². The van der Waals surface area contributed by atoms with Crippen LogP contribution in [0.1, 0.15) is 24.1 Å². The van der Waals surface area contributed by atoms with Gasteiger partial charge in [0, 0.05) is 17.9 Å². The molecule has 0 spiro atoms. The molecular weight excluding hydrogens is 368 g/mol. The van der Waals surface area contributed by atoms with E-state index in [4.69, 9.17) is 9.47 Å². The molecule has 0 aliphatic carbocycles. The molecule has 2 aromatic rings. The minimum Gasteiger partial charge on any atom is -0.493 e. The Morgan fingerprint density at radius 1 is 1.15 bits per heavy atom. The molecule has 8 heteroatoms. The van der Waals surface area contributed by atoms with E-state index in [0.29, 0.717) is 23.0 Å². The Hall–Kier alpha value is -2.74. The quantitative estimate of drug-likeness (QED) is 0.518. The monoisotopic (exact) mass is 390 g/mol. The van der Waals surface area contributed by atoms with E-state index >= 15 is 0 Å². The highest BCUT2D eigenvalue weighted by Crippen LogP contribution is 2.29. The van der Waals surface area contributed by atoms with Crippen LogP contribution in [0.4, 0.5) is 5.69 Å². The predicted octanol–water partition coefficient (Wildman–Crippen LogP) is 3.72. The van der Waals surface area contributed by atoms with E-state index in [1.807, 2.05) is 19.1 Å². The summed E-state index contributed by atoms with van der Waals surface area (Å²) in [4.78, 5) is 22.4. The molecular formula is C19H22N2O5S. The number of benzene rings is 2. The molecule has 0 heterocycles. The van der Waals surface area contributed by atoms with Crippen LogP contribution >= 0.6 is 11.8 Å². The maximum atomic E-state index is 12.2. The number of hydrogen-bond donors (Lipinski definition) is 1. The van der Waals surface area contributed by atoms with Crippen molar-refractivity contribution in [1.29, 1.82) is 0 Å². The molecule has 27 heavy (non-hydrogen) atoms. The molecule has 2 rings (SSSR count). The molecule has 0 fully saturated rings. The molecule has 144 valence electrons. The fourth-order valence-corrected chi connectivity index (χ4v) is 3.26. The third-order valence-corrected chi connectivity index (χ3v) is 4.94. The number of carbonyl (C=O) groups is 1. The third kappa shape index (κ3) is 5.89. The van der Waals surface area contributed by atoms with Crippen LogP contribution in [0.5, 0.6) is 11.5 Å². The zero-order valence-electron chi connectivity index (χ0n) is 15.4. The normalized spacial score (nSPS) is 11.5. The SMILES string of the molecule is COc1ccc([C@@H](C)NC(=O)CSCc2ccc([N+](=O)[O-])cc2)cc1OC. The summed E-state index contributed by atoms with van der Waals surface area (Å²) in [5.74, 6) is 2.08. The van der Waals surface area contributed by atoms with E-state index in [2.05, 4.69) is 5.32 Å². The van der Waals surface area contributed by atoms with E-state index in [9.17, 15) is 14.9 Å². The molecule has 7 nitrogen and oxygen atoms in total. The van der Waals surface area contributed by atoms with Crippen molar-refractivity contribution in [2.24, 2.45) is 0 Å². The van der Waals surface area contributed by atoms with E-state index in [0.717, 1.165) is 11.1 Å². The van der Waals surface area contributed by atoms with Crippen LogP contribution in [0.25, 0.3) is 0 Å². The van der Waals surface area contributed by atoms with Crippen molar-refractivity contribution < 1.29 is 19.2 Å². The minimum absolute atomic E-state index is 0.0604. The first-order chi connectivity index (χ1) is 12.9. The lowest BCUT2D eigenvalue weighted by Crippen LogP contribution is -2.28. The molecule has 0 saturated heterocycles. The van der Waals surface area contributed by atoms with Crippen LogP contribution in [0.15, 0.2) is 42.5 Å². The number of amides is 1. The Balaban J connectivity index is 1.83. The van der Waals surface area contributed by atoms with Gasteiger partial charge in [0.25, 0.3) is 5.69 Å². The Labute approximate surface area is 162 Å². The van der Waals surface area contributed by atoms with Gasteiger partial charge in [-0.1, -0.05) is 18.2 Å². The lowest BCUT2D eigenvalue weighted by Gasteiger charge is -2.16. The summed E-state index contributed by atoms with van der Waals surface area (Å²) < 4.78 is 10.5. The zero-order valence-corrected chi connectivity index (χ0v) is 16.2. The molecule has 0 bridgehead atoms. The average molecular weight is 390 g/mol. The van der Waals surface area contributed by atoms with Gasteiger partial charge >= 0.3 is 0 Å². The van der Waals surface area contributed by atoms with Gasteiger partial charge in [-0.25, -0.2) is 0 Å². The first-order valence-electron chi connectivity index (χ1n) is 8.27. The summed E-state index contributed by atoms with van der Waals surface area (Å²) in [6.07, 6.45) is 0. The Bertz CT molecular complexity index is 795. The van der Waals surface area contributed by atoms with Crippen molar-refractivity contribution in [3.8, 4) is 11.5 Å². The van der Waals surface area contributed by atoms with Gasteiger partial charge < -0.3 is 14.8 Å². The number of nitrogens with zero attached hydrogens (tertiary/aromatic N) is 1. The lowest BCUT2D eigenvalue weighted by atomic mass is 10.1. The van der Waals surface area contributed by atoms with Crippen molar-refractivity contribution in [3.63, 3.8) is 0 Å². The van der Waals surface area contributed by atoms with E-state index in [1.54, 1.807) is 32.4 Å². The fourth-order valence-electron chi connectivity index (χ4n) is 2.46. The van der Waals surface area contributed by atoms with Gasteiger partial charge in [-0.2, -0.15) is 0 Å². The highest BCUT2D eigenvalue weighted by molar-refractivity contribution is 7.99. The lowest BCUT2D eigenvalue weighted by molar-refractivity contribution is -0.384. The Kier molecular flexibility index (Phi) is 7.48. The highest BCUT2D eigenvalue weighted by atomic mass is 32.2. The standard InChI is InChI=1S/C19H22N2O5S/c1-13(15-6-9-17(25-2)18(10-15)26-3)20-19(22)12-27-11-14-4-7-16(8-5-14)21(23)24/h4-10,13H,11-12H2,1-3H3,(H,20,22)/t13-/m1/s1. The second-order valence-electron chi connectivity index (χ2n) is 5.82. The van der Waals surface area contributed by atoms with E-state index in [1.165, 1.54) is 23.9 Å². The molecule has 1 N–H and O–H groups in total. The smallest absolute Gasteiger partial charge is 0.269 e. The zero-order chi connectivity index (χ0) is 19.8. The summed E-state index contributed by atoms with van der Waals surface area (Å²) in [6, 6.07) is 11.7. The molecule has 2 aromatic carbocycles. The molecule has 0 aliphatic heterocycles. The van der Waals surface area contributed by atoms with Gasteiger partial charge in [-0.05, 0) is 30.2 Å². The maximum absolute atomic E-state index is 12.2. The topological polar surface area (TPSA) is 90.7 Å². The number of non-ortho nitro benzene ring substituents is 1. The summed E-state index contributed by atoms with van der Waals surface area (Å²) in [7, 11) is 3.14. The average Bonchev–Trinajstić information content (AvgIpc) is 2.67. The fraction of sp³-hybridized carbons (Fsp3) is 0.316. The summed E-state index contributed by atoms with van der Waals surface area (Å²) in [6.45, 7) is 1.90. The van der Waals surface area contributed by atoms with Crippen LogP contribution in [0.2, 0.25) is 0 Å². The first kappa shape index (κ1) is 20.6. The number of nitro benzene ring substituents is 1. The number of nitrogens with one attached hydrogen (secondary N) is 1. The van der Waals surface area contributed by atoms with Crippen molar-refractivity contribution in [2.45, 2.75) is 18.7 Å². The van der Waals surface area contributed by atoms with Gasteiger partial charge in [0.2, 0.25) is 5.91 Å². The van der Waals surface area contributed by atoms with Crippen LogP contribution in [-0.2, 0) is 10.5 Å². The molecule has 0 radical (unpaired) electrons. The Morgan fingerprint density at radius 3 is 2.41 bits per heavy atom. The van der Waals surface area contributed by atoms with Crippen molar-refractivity contribution in [2.75, 3.05) is 20.0 Å². The minimum atomic E-state index is -0.431. The predicted molar refractivity (Wildman–Crippen MR) is 105 cm³/mol. The molecule has 1 amide bonds. The van der Waals surface area contributed by atoms with Crippen LogP contribution in [0.3, 0.4) is 0 Å². The highest BCUT2D eigenvalue weighted by Gasteiger charge is 2.13. The third-order valence-electron chi connectivity index (χ3n) is 3.93. The number of carbonyl (C=O) groups excluding carboxylic acids is 1. The van der Waals surface area contributed by atoms with Crippen molar-refractivity contribution >= 4 is 23.4 Å². The van der Waals surface area contributed by atoms with Crippen molar-refractivity contribution in [1.82, 2.24) is 5.32 Å². The van der Waals surface area contributed by atoms with E-state index < -0.39 is 4.92 Å². The maximum Gasteiger partial charge on any atom is 0.269 e. The summed E-state index contributed by atoms with van der Waals surface area (Å²) in [5.41, 5.74) is 1.91. The van der Waals surface area contributed by atoms with Gasteiger partial charge in [0.1, 0.15) is 0 Å². The molecule has 0 unspecified atom stereocenters. The van der Waals surface area contributed by atoms with Gasteiger partial charge in [0.15, 0.2) is 11.5 Å². The van der Waals surface area contributed by atoms with Gasteiger partial charge in [0.05, 0.1) is 30.9 Å². The number of hydrogen-bond acceptors (Lipinski definition) is 6. The number of ether oxygens (including phenoxy) is 2. The second kappa shape index (κ2) is 9.82. The summed E-state index contributed by atoms with van der Waals surface area (Å²) >= 11 is 1.45. The summed E-state index contributed by atoms with van der Waals surface area (Å²) in [5, 5.41) is 13.6. The van der Waals surface area contributed by atoms with Crippen LogP contribution in [-0.4, -0.2) is 30.8 Å².